The number of piperidine rings is 1. The predicted molar refractivity (Wildman–Crippen MR) is 121 cm³/mol. The molecule has 0 N–H and O–H groups in total. The van der Waals surface area contributed by atoms with E-state index in [0.717, 1.165) is 47.5 Å². The molecule has 0 unspecified atom stereocenters. The molecule has 3 aromatic rings. The van der Waals surface area contributed by atoms with E-state index in [1.54, 1.807) is 14.2 Å². The molecule has 6 heteroatoms. The maximum Gasteiger partial charge on any atom is 0.162 e. The number of hydrogen-bond acceptors (Lipinski definition) is 5. The van der Waals surface area contributed by atoms with Gasteiger partial charge in [-0.25, -0.2) is 4.98 Å². The number of hydrogen-bond donors (Lipinski definition) is 0. The topological polar surface area (TPSA) is 43.8 Å². The average Bonchev–Trinajstić information content (AvgIpc) is 2.79. The Labute approximate surface area is 182 Å². The highest BCUT2D eigenvalue weighted by Gasteiger charge is 2.15. The number of benzene rings is 2. The van der Waals surface area contributed by atoms with Crippen molar-refractivity contribution in [2.24, 2.45) is 0 Å². The maximum atomic E-state index is 6.28. The van der Waals surface area contributed by atoms with E-state index in [1.165, 1.54) is 19.3 Å². The zero-order chi connectivity index (χ0) is 20.9. The van der Waals surface area contributed by atoms with Crippen LogP contribution in [0.15, 0.2) is 42.5 Å². The van der Waals surface area contributed by atoms with Crippen LogP contribution < -0.4 is 14.2 Å². The first kappa shape index (κ1) is 20.8. The van der Waals surface area contributed by atoms with Gasteiger partial charge in [0.15, 0.2) is 11.5 Å². The minimum atomic E-state index is 0.632. The van der Waals surface area contributed by atoms with Crippen LogP contribution in [0.4, 0.5) is 0 Å². The van der Waals surface area contributed by atoms with E-state index in [0.29, 0.717) is 23.1 Å². The van der Waals surface area contributed by atoms with Crippen LogP contribution in [0, 0.1) is 0 Å². The van der Waals surface area contributed by atoms with E-state index in [4.69, 9.17) is 30.8 Å². The molecule has 0 spiro atoms. The normalized spacial score (nSPS) is 14.6. The Balaban J connectivity index is 1.69. The third kappa shape index (κ3) is 4.63. The molecule has 0 atom stereocenters. The number of methoxy groups -OCH3 is 2. The quantitative estimate of drug-likeness (QED) is 0.503. The summed E-state index contributed by atoms with van der Waals surface area (Å²) < 4.78 is 17.2. The summed E-state index contributed by atoms with van der Waals surface area (Å²) in [5.41, 5.74) is 2.62. The first-order valence-corrected chi connectivity index (χ1v) is 10.7. The standard InChI is InChI=1S/C24H27ClN2O3/c1-28-23-14-19-21(16-24(23)29-2)26-20(17-6-8-18(25)9-7-17)15-22(19)30-13-12-27-10-4-3-5-11-27/h6-9,14-16H,3-5,10-13H2,1-2H3. The molecule has 30 heavy (non-hydrogen) atoms. The summed E-state index contributed by atoms with van der Waals surface area (Å²) in [6, 6.07) is 13.5. The zero-order valence-electron chi connectivity index (χ0n) is 17.5. The van der Waals surface area contributed by atoms with Gasteiger partial charge in [0, 0.05) is 34.6 Å². The van der Waals surface area contributed by atoms with Crippen LogP contribution in [0.3, 0.4) is 0 Å². The Morgan fingerprint density at radius 3 is 2.30 bits per heavy atom. The fourth-order valence-corrected chi connectivity index (χ4v) is 4.00. The number of ether oxygens (including phenoxy) is 3. The van der Waals surface area contributed by atoms with Gasteiger partial charge in [0.2, 0.25) is 0 Å². The highest BCUT2D eigenvalue weighted by molar-refractivity contribution is 6.30. The molecular formula is C24H27ClN2O3. The molecule has 0 saturated carbocycles. The number of likely N-dealkylation sites (tertiary alicyclic amines) is 1. The molecule has 158 valence electrons. The molecule has 1 aromatic heterocycles. The summed E-state index contributed by atoms with van der Waals surface area (Å²) in [5.74, 6) is 2.10. The van der Waals surface area contributed by atoms with Crippen molar-refractivity contribution in [1.82, 2.24) is 9.88 Å². The smallest absolute Gasteiger partial charge is 0.162 e. The van der Waals surface area contributed by atoms with Crippen molar-refractivity contribution in [3.05, 3.63) is 47.5 Å². The lowest BCUT2D eigenvalue weighted by atomic mass is 10.1. The molecule has 0 aliphatic carbocycles. The van der Waals surface area contributed by atoms with E-state index in [1.807, 2.05) is 42.5 Å². The summed E-state index contributed by atoms with van der Waals surface area (Å²) in [7, 11) is 3.26. The van der Waals surface area contributed by atoms with E-state index >= 15 is 0 Å². The largest absolute Gasteiger partial charge is 0.493 e. The van der Waals surface area contributed by atoms with Gasteiger partial charge in [0.05, 0.1) is 25.4 Å². The lowest BCUT2D eigenvalue weighted by molar-refractivity contribution is 0.184. The number of aromatic nitrogens is 1. The molecule has 1 aliphatic rings. The summed E-state index contributed by atoms with van der Waals surface area (Å²) in [6.07, 6.45) is 3.88. The minimum Gasteiger partial charge on any atom is -0.493 e. The second kappa shape index (κ2) is 9.54. The molecule has 5 nitrogen and oxygen atoms in total. The van der Waals surface area contributed by atoms with Crippen LogP contribution in [0.2, 0.25) is 5.02 Å². The molecule has 2 aromatic carbocycles. The number of nitrogens with zero attached hydrogens (tertiary/aromatic N) is 2. The third-order valence-corrected chi connectivity index (χ3v) is 5.78. The number of pyridine rings is 1. The van der Waals surface area contributed by atoms with Gasteiger partial charge in [-0.05, 0) is 44.1 Å². The van der Waals surface area contributed by atoms with Crippen LogP contribution >= 0.6 is 11.6 Å². The maximum absolute atomic E-state index is 6.28. The first-order chi connectivity index (χ1) is 14.7. The second-order valence-electron chi connectivity index (χ2n) is 7.49. The van der Waals surface area contributed by atoms with Gasteiger partial charge >= 0.3 is 0 Å². The summed E-state index contributed by atoms with van der Waals surface area (Å²) in [4.78, 5) is 7.32. The lowest BCUT2D eigenvalue weighted by Crippen LogP contribution is -2.33. The second-order valence-corrected chi connectivity index (χ2v) is 7.92. The predicted octanol–water partition coefficient (Wildman–Crippen LogP) is 5.44. The molecule has 1 fully saturated rings. The SMILES string of the molecule is COc1cc2nc(-c3ccc(Cl)cc3)cc(OCCN3CCCCC3)c2cc1OC. The Bertz CT molecular complexity index is 1000. The first-order valence-electron chi connectivity index (χ1n) is 10.4. The van der Waals surface area contributed by atoms with Gasteiger partial charge in [-0.1, -0.05) is 30.2 Å². The van der Waals surface area contributed by atoms with Crippen molar-refractivity contribution in [3.63, 3.8) is 0 Å². The molecule has 0 bridgehead atoms. The van der Waals surface area contributed by atoms with Gasteiger partial charge < -0.3 is 14.2 Å². The Hall–Kier alpha value is -2.50. The van der Waals surface area contributed by atoms with Crippen molar-refractivity contribution < 1.29 is 14.2 Å². The van der Waals surface area contributed by atoms with E-state index in [-0.39, 0.29) is 0 Å². The van der Waals surface area contributed by atoms with E-state index < -0.39 is 0 Å². The van der Waals surface area contributed by atoms with Crippen molar-refractivity contribution in [3.8, 4) is 28.5 Å². The van der Waals surface area contributed by atoms with Crippen LogP contribution in [-0.2, 0) is 0 Å². The fourth-order valence-electron chi connectivity index (χ4n) is 3.88. The lowest BCUT2D eigenvalue weighted by Gasteiger charge is -2.26. The Morgan fingerprint density at radius 2 is 1.60 bits per heavy atom. The summed E-state index contributed by atoms with van der Waals surface area (Å²) in [5, 5.41) is 1.60. The molecule has 1 saturated heterocycles. The monoisotopic (exact) mass is 426 g/mol. The number of rotatable bonds is 7. The molecule has 4 rings (SSSR count). The molecule has 0 amide bonds. The van der Waals surface area contributed by atoms with Gasteiger partial charge in [-0.15, -0.1) is 0 Å². The van der Waals surface area contributed by atoms with Crippen molar-refractivity contribution in [2.45, 2.75) is 19.3 Å². The van der Waals surface area contributed by atoms with Crippen LogP contribution in [0.5, 0.6) is 17.2 Å². The van der Waals surface area contributed by atoms with Gasteiger partial charge in [0.1, 0.15) is 12.4 Å². The molecule has 2 heterocycles. The Morgan fingerprint density at radius 1 is 0.900 bits per heavy atom. The minimum absolute atomic E-state index is 0.632. The van der Waals surface area contributed by atoms with Gasteiger partial charge in [-0.2, -0.15) is 0 Å². The highest BCUT2D eigenvalue weighted by atomic mass is 35.5. The highest BCUT2D eigenvalue weighted by Crippen LogP contribution is 2.37. The van der Waals surface area contributed by atoms with Gasteiger partial charge in [0.25, 0.3) is 0 Å². The fraction of sp³-hybridized carbons (Fsp3) is 0.375. The molecule has 1 aliphatic heterocycles. The zero-order valence-corrected chi connectivity index (χ0v) is 18.2. The van der Waals surface area contributed by atoms with Crippen molar-refractivity contribution >= 4 is 22.5 Å². The van der Waals surface area contributed by atoms with Crippen LogP contribution in [0.1, 0.15) is 19.3 Å². The number of halogens is 1. The molecule has 0 radical (unpaired) electrons. The van der Waals surface area contributed by atoms with E-state index in [9.17, 15) is 0 Å². The number of fused-ring (bicyclic) bond motifs is 1. The van der Waals surface area contributed by atoms with Gasteiger partial charge in [-0.3, -0.25) is 4.90 Å². The van der Waals surface area contributed by atoms with E-state index in [2.05, 4.69) is 4.90 Å². The van der Waals surface area contributed by atoms with Crippen molar-refractivity contribution in [2.75, 3.05) is 40.5 Å². The summed E-state index contributed by atoms with van der Waals surface area (Å²) in [6.45, 7) is 3.86. The molecular weight excluding hydrogens is 400 g/mol. The van der Waals surface area contributed by atoms with Crippen LogP contribution in [0.25, 0.3) is 22.2 Å². The third-order valence-electron chi connectivity index (χ3n) is 5.53. The average molecular weight is 427 g/mol. The summed E-state index contributed by atoms with van der Waals surface area (Å²) >= 11 is 6.06. The van der Waals surface area contributed by atoms with Crippen molar-refractivity contribution in [1.29, 1.82) is 0 Å². The Kier molecular flexibility index (Phi) is 6.60. The van der Waals surface area contributed by atoms with Crippen LogP contribution in [-0.4, -0.2) is 50.3 Å².